The molecule has 0 aliphatic carbocycles. The number of ether oxygens (including phenoxy) is 1. The molecule has 0 radical (unpaired) electrons. The van der Waals surface area contributed by atoms with E-state index in [0.717, 1.165) is 0 Å². The monoisotopic (exact) mass is 159 g/mol. The van der Waals surface area contributed by atoms with Gasteiger partial charge in [0.15, 0.2) is 0 Å². The van der Waals surface area contributed by atoms with Crippen molar-refractivity contribution in [3.05, 3.63) is 12.3 Å². The molecule has 1 aromatic rings. The van der Waals surface area contributed by atoms with Gasteiger partial charge in [0.1, 0.15) is 0 Å². The molecule has 1 rings (SSSR count). The average Bonchev–Trinajstić information content (AvgIpc) is 2.05. The van der Waals surface area contributed by atoms with E-state index in [1.165, 1.54) is 0 Å². The molecule has 0 N–H and O–H groups in total. The van der Waals surface area contributed by atoms with Crippen molar-refractivity contribution < 1.29 is 23.6 Å². The largest absolute Gasteiger partial charge is 1.00 e. The Morgan fingerprint density at radius 2 is 2.17 bits per heavy atom. The summed E-state index contributed by atoms with van der Waals surface area (Å²) in [6.45, 7) is 0. The number of nitrogens with zero attached hydrogens (tertiary/aromatic N) is 3. The summed E-state index contributed by atoms with van der Waals surface area (Å²) in [6.07, 6.45) is 1.54. The average molecular weight is 159 g/mol. The number of aromatic nitrogens is 2. The molecule has 4 nitrogen and oxygen atoms in total. The molecule has 0 aromatic carbocycles. The first-order valence-corrected chi connectivity index (χ1v) is 3.20. The summed E-state index contributed by atoms with van der Waals surface area (Å²) in [5.74, 6) is 1.09. The van der Waals surface area contributed by atoms with Crippen LogP contribution in [-0.2, 0) is 0 Å². The first-order valence-electron chi connectivity index (χ1n) is 3.20. The molecule has 0 saturated carbocycles. The van der Waals surface area contributed by atoms with Crippen molar-refractivity contribution in [3.8, 4) is 5.88 Å². The van der Waals surface area contributed by atoms with Crippen LogP contribution in [0, 0.1) is 6.07 Å². The van der Waals surface area contributed by atoms with Gasteiger partial charge in [-0.15, -0.1) is 6.20 Å². The number of hydrogen-bond donors (Lipinski definition) is 0. The zero-order chi connectivity index (χ0) is 8.27. The predicted octanol–water partition coefficient (Wildman–Crippen LogP) is -2.64. The van der Waals surface area contributed by atoms with E-state index in [4.69, 9.17) is 4.74 Å². The molecule has 0 unspecified atom stereocenters. The third-order valence-electron chi connectivity index (χ3n) is 1.16. The van der Waals surface area contributed by atoms with E-state index in [9.17, 15) is 0 Å². The Morgan fingerprint density at radius 1 is 1.50 bits per heavy atom. The summed E-state index contributed by atoms with van der Waals surface area (Å²) >= 11 is 0. The first-order chi connectivity index (χ1) is 5.24. The molecule has 0 spiro atoms. The van der Waals surface area contributed by atoms with Crippen LogP contribution in [0.2, 0.25) is 0 Å². The van der Waals surface area contributed by atoms with Crippen LogP contribution in [0.15, 0.2) is 6.20 Å². The molecular formula is C7H10LiN3O. The van der Waals surface area contributed by atoms with E-state index < -0.39 is 0 Å². The second kappa shape index (κ2) is 5.02. The zero-order valence-electron chi connectivity index (χ0n) is 7.83. The summed E-state index contributed by atoms with van der Waals surface area (Å²) in [6, 6.07) is 2.74. The molecule has 0 aliphatic heterocycles. The van der Waals surface area contributed by atoms with Crippen LogP contribution in [0.25, 0.3) is 0 Å². The number of hydrogen-bond acceptors (Lipinski definition) is 4. The number of methoxy groups -OCH3 is 1. The summed E-state index contributed by atoms with van der Waals surface area (Å²) in [5, 5.41) is 0. The summed E-state index contributed by atoms with van der Waals surface area (Å²) in [7, 11) is 5.29. The van der Waals surface area contributed by atoms with Crippen molar-refractivity contribution in [2.24, 2.45) is 0 Å². The van der Waals surface area contributed by atoms with Crippen molar-refractivity contribution in [1.29, 1.82) is 0 Å². The molecule has 1 aromatic heterocycles. The second-order valence-corrected chi connectivity index (χ2v) is 2.22. The normalized spacial score (nSPS) is 8.58. The van der Waals surface area contributed by atoms with E-state index in [1.54, 1.807) is 18.2 Å². The van der Waals surface area contributed by atoms with E-state index in [0.29, 0.717) is 11.8 Å². The van der Waals surface area contributed by atoms with Gasteiger partial charge < -0.3 is 15.7 Å². The zero-order valence-corrected chi connectivity index (χ0v) is 7.83. The molecule has 1 heterocycles. The smallest absolute Gasteiger partial charge is 0.515 e. The third-order valence-corrected chi connectivity index (χ3v) is 1.16. The summed E-state index contributed by atoms with van der Waals surface area (Å²) < 4.78 is 4.87. The Labute approximate surface area is 84.1 Å². The van der Waals surface area contributed by atoms with Gasteiger partial charge in [-0.3, -0.25) is 4.98 Å². The molecule has 12 heavy (non-hydrogen) atoms. The van der Waals surface area contributed by atoms with Crippen molar-refractivity contribution in [1.82, 2.24) is 9.97 Å². The van der Waals surface area contributed by atoms with Gasteiger partial charge in [0.25, 0.3) is 0 Å². The van der Waals surface area contributed by atoms with E-state index >= 15 is 0 Å². The molecule has 0 aliphatic rings. The Morgan fingerprint density at radius 3 is 2.67 bits per heavy atom. The first kappa shape index (κ1) is 11.3. The maximum absolute atomic E-state index is 4.87. The maximum atomic E-state index is 4.87. The Bertz CT molecular complexity index is 242. The van der Waals surface area contributed by atoms with Crippen LogP contribution >= 0.6 is 0 Å². The molecule has 60 valence electrons. The number of anilines is 1. The van der Waals surface area contributed by atoms with E-state index in [1.807, 2.05) is 14.1 Å². The second-order valence-electron chi connectivity index (χ2n) is 2.22. The molecule has 5 heteroatoms. The van der Waals surface area contributed by atoms with Crippen molar-refractivity contribution >= 4 is 5.95 Å². The molecule has 0 fully saturated rings. The fraction of sp³-hybridized carbons (Fsp3) is 0.429. The van der Waals surface area contributed by atoms with Gasteiger partial charge >= 0.3 is 18.9 Å². The van der Waals surface area contributed by atoms with Crippen LogP contribution < -0.4 is 28.5 Å². The van der Waals surface area contributed by atoms with Gasteiger partial charge in [0, 0.05) is 20.0 Å². The SMILES string of the molecule is COc1[c-]cnc(N(C)C)n1.[Li+]. The van der Waals surface area contributed by atoms with Crippen LogP contribution in [0.4, 0.5) is 5.95 Å². The minimum Gasteiger partial charge on any atom is -0.515 e. The summed E-state index contributed by atoms with van der Waals surface area (Å²) in [4.78, 5) is 9.80. The topological polar surface area (TPSA) is 38.2 Å². The van der Waals surface area contributed by atoms with Crippen LogP contribution in [0.3, 0.4) is 0 Å². The van der Waals surface area contributed by atoms with E-state index in [2.05, 4.69) is 16.0 Å². The molecule has 0 bridgehead atoms. The minimum absolute atomic E-state index is 0. The maximum Gasteiger partial charge on any atom is 1.00 e. The van der Waals surface area contributed by atoms with Crippen LogP contribution in [0.1, 0.15) is 0 Å². The van der Waals surface area contributed by atoms with Crippen molar-refractivity contribution in [2.75, 3.05) is 26.1 Å². The third kappa shape index (κ3) is 2.72. The quantitative estimate of drug-likeness (QED) is 0.349. The molecular weight excluding hydrogens is 149 g/mol. The van der Waals surface area contributed by atoms with Crippen molar-refractivity contribution in [3.63, 3.8) is 0 Å². The molecule has 0 saturated heterocycles. The summed E-state index contributed by atoms with van der Waals surface area (Å²) in [5.41, 5.74) is 0. The Balaban J connectivity index is 0.00000121. The standard InChI is InChI=1S/C7H10N3O.Li/c1-10(2)7-8-5-4-6(9-7)11-3;/h5H,1-3H3;/q-1;+1. The van der Waals surface area contributed by atoms with Gasteiger partial charge in [-0.25, -0.2) is 4.98 Å². The van der Waals surface area contributed by atoms with Crippen molar-refractivity contribution in [2.45, 2.75) is 0 Å². The van der Waals surface area contributed by atoms with Crippen LogP contribution in [-0.4, -0.2) is 31.2 Å². The minimum atomic E-state index is 0. The fourth-order valence-corrected chi connectivity index (χ4v) is 0.617. The molecule has 0 amide bonds. The van der Waals surface area contributed by atoms with Gasteiger partial charge in [-0.1, -0.05) is 0 Å². The van der Waals surface area contributed by atoms with Gasteiger partial charge in [0.2, 0.25) is 5.95 Å². The van der Waals surface area contributed by atoms with Gasteiger partial charge in [-0.05, 0) is 0 Å². The molecule has 0 atom stereocenters. The van der Waals surface area contributed by atoms with Crippen LogP contribution in [0.5, 0.6) is 5.88 Å². The predicted molar refractivity (Wildman–Crippen MR) is 41.7 cm³/mol. The van der Waals surface area contributed by atoms with Gasteiger partial charge in [-0.2, -0.15) is 0 Å². The fourth-order valence-electron chi connectivity index (χ4n) is 0.617. The Hall–Kier alpha value is -0.723. The van der Waals surface area contributed by atoms with E-state index in [-0.39, 0.29) is 18.9 Å². The Kier molecular flexibility index (Phi) is 4.72. The number of rotatable bonds is 2. The van der Waals surface area contributed by atoms with Gasteiger partial charge in [0.05, 0.1) is 7.11 Å².